The Morgan fingerprint density at radius 1 is 1.09 bits per heavy atom. The van der Waals surface area contributed by atoms with Gasteiger partial charge < -0.3 is 9.80 Å². The van der Waals surface area contributed by atoms with Gasteiger partial charge in [-0.05, 0) is 25.7 Å². The van der Waals surface area contributed by atoms with Crippen molar-refractivity contribution in [2.24, 2.45) is 20.0 Å². The Bertz CT molecular complexity index is 724. The number of carbonyl (C=O) groups excluding carboxylic acids is 1. The van der Waals surface area contributed by atoms with E-state index in [1.54, 1.807) is 7.05 Å². The summed E-state index contributed by atoms with van der Waals surface area (Å²) in [5.74, 6) is 1.17. The molecule has 2 aliphatic rings. The van der Waals surface area contributed by atoms with Crippen LogP contribution in [-0.2, 0) is 18.9 Å². The summed E-state index contributed by atoms with van der Waals surface area (Å²) in [4.78, 5) is 40.0. The summed E-state index contributed by atoms with van der Waals surface area (Å²) in [5, 5.41) is 0. The lowest BCUT2D eigenvalue weighted by Gasteiger charge is -2.38. The minimum Gasteiger partial charge on any atom is -0.358 e. The van der Waals surface area contributed by atoms with E-state index in [1.165, 1.54) is 17.7 Å². The monoisotopic (exact) mass is 320 g/mol. The maximum absolute atomic E-state index is 12.2. The molecular weight excluding hydrogens is 296 g/mol. The molecule has 1 saturated heterocycles. The van der Waals surface area contributed by atoms with Crippen molar-refractivity contribution in [2.75, 3.05) is 25.0 Å². The van der Waals surface area contributed by atoms with Gasteiger partial charge in [0.25, 0.3) is 5.56 Å². The molecule has 1 aromatic rings. The molecule has 7 nitrogen and oxygen atoms in total. The maximum Gasteiger partial charge on any atom is 0.332 e. The molecule has 1 saturated carbocycles. The summed E-state index contributed by atoms with van der Waals surface area (Å²) in [6.07, 6.45) is 3.77. The first-order valence-corrected chi connectivity index (χ1v) is 8.19. The first-order chi connectivity index (χ1) is 10.9. The molecule has 2 fully saturated rings. The van der Waals surface area contributed by atoms with Crippen LogP contribution in [0.25, 0.3) is 0 Å². The normalized spacial score (nSPS) is 19.0. The highest BCUT2D eigenvalue weighted by Gasteiger charge is 2.35. The Morgan fingerprint density at radius 2 is 1.70 bits per heavy atom. The summed E-state index contributed by atoms with van der Waals surface area (Å²) in [5.41, 5.74) is -0.595. The Hall–Kier alpha value is -2.05. The SMILES string of the molecule is CN(C(=O)C1CC1)C1CCN(c2cc(=O)n(C)c(=O)n2C)CC1. The first-order valence-electron chi connectivity index (χ1n) is 8.19. The van der Waals surface area contributed by atoms with Crippen LogP contribution in [0, 0.1) is 5.92 Å². The van der Waals surface area contributed by atoms with E-state index in [4.69, 9.17) is 0 Å². The third-order valence-electron chi connectivity index (χ3n) is 5.11. The van der Waals surface area contributed by atoms with E-state index in [0.717, 1.165) is 43.3 Å². The van der Waals surface area contributed by atoms with E-state index in [1.807, 2.05) is 11.9 Å². The van der Waals surface area contributed by atoms with Gasteiger partial charge in [-0.25, -0.2) is 4.79 Å². The molecule has 1 aliphatic carbocycles. The number of aromatic nitrogens is 2. The number of hydrogen-bond acceptors (Lipinski definition) is 4. The third kappa shape index (κ3) is 2.92. The quantitative estimate of drug-likeness (QED) is 0.781. The zero-order valence-corrected chi connectivity index (χ0v) is 14.0. The summed E-state index contributed by atoms with van der Waals surface area (Å²) in [7, 11) is 5.07. The summed E-state index contributed by atoms with van der Waals surface area (Å²) < 4.78 is 2.62. The predicted octanol–water partition coefficient (Wildman–Crippen LogP) is -0.0788. The second-order valence-corrected chi connectivity index (χ2v) is 6.68. The van der Waals surface area contributed by atoms with Crippen LogP contribution in [0.4, 0.5) is 5.82 Å². The number of carbonyl (C=O) groups is 1. The lowest BCUT2D eigenvalue weighted by Crippen LogP contribution is -2.48. The molecule has 23 heavy (non-hydrogen) atoms. The van der Waals surface area contributed by atoms with Crippen molar-refractivity contribution in [2.45, 2.75) is 31.7 Å². The minimum atomic E-state index is -0.310. The van der Waals surface area contributed by atoms with E-state index in [0.29, 0.717) is 5.82 Å². The van der Waals surface area contributed by atoms with Gasteiger partial charge in [-0.1, -0.05) is 0 Å². The van der Waals surface area contributed by atoms with Crippen molar-refractivity contribution < 1.29 is 4.79 Å². The Labute approximate surface area is 135 Å². The average molecular weight is 320 g/mol. The molecule has 0 aromatic carbocycles. The van der Waals surface area contributed by atoms with Gasteiger partial charge in [-0.3, -0.25) is 18.7 Å². The van der Waals surface area contributed by atoms with Crippen LogP contribution in [0.3, 0.4) is 0 Å². The van der Waals surface area contributed by atoms with E-state index in [2.05, 4.69) is 4.90 Å². The zero-order chi connectivity index (χ0) is 16.7. The van der Waals surface area contributed by atoms with Gasteiger partial charge in [-0.2, -0.15) is 0 Å². The molecular formula is C16H24N4O3. The largest absolute Gasteiger partial charge is 0.358 e. The number of anilines is 1. The van der Waals surface area contributed by atoms with Crippen molar-refractivity contribution in [3.63, 3.8) is 0 Å². The van der Waals surface area contributed by atoms with Crippen molar-refractivity contribution in [1.29, 1.82) is 0 Å². The lowest BCUT2D eigenvalue weighted by atomic mass is 10.0. The van der Waals surface area contributed by atoms with Crippen molar-refractivity contribution in [3.8, 4) is 0 Å². The molecule has 7 heteroatoms. The average Bonchev–Trinajstić information content (AvgIpc) is 3.40. The van der Waals surface area contributed by atoms with Gasteiger partial charge in [0.1, 0.15) is 5.82 Å². The first kappa shape index (κ1) is 15.8. The van der Waals surface area contributed by atoms with Gasteiger partial charge in [0.2, 0.25) is 5.91 Å². The number of hydrogen-bond donors (Lipinski definition) is 0. The molecule has 2 heterocycles. The third-order valence-corrected chi connectivity index (χ3v) is 5.11. The van der Waals surface area contributed by atoms with Gasteiger partial charge >= 0.3 is 5.69 Å². The molecule has 3 rings (SSSR count). The standard InChI is InChI=1S/C16H24N4O3/c1-17(15(22)11-4-5-11)12-6-8-20(9-7-12)13-10-14(21)19(3)16(23)18(13)2/h10-12H,4-9H2,1-3H3. The molecule has 1 amide bonds. The van der Waals surface area contributed by atoms with Gasteiger partial charge in [0, 0.05) is 52.3 Å². The molecule has 0 N–H and O–H groups in total. The smallest absolute Gasteiger partial charge is 0.332 e. The van der Waals surface area contributed by atoms with Crippen LogP contribution in [-0.4, -0.2) is 46.1 Å². The lowest BCUT2D eigenvalue weighted by molar-refractivity contribution is -0.133. The fourth-order valence-corrected chi connectivity index (χ4v) is 3.31. The molecule has 0 atom stereocenters. The van der Waals surface area contributed by atoms with Crippen molar-refractivity contribution >= 4 is 11.7 Å². The highest BCUT2D eigenvalue weighted by atomic mass is 16.2. The second-order valence-electron chi connectivity index (χ2n) is 6.68. The Morgan fingerprint density at radius 3 is 2.26 bits per heavy atom. The summed E-state index contributed by atoms with van der Waals surface area (Å²) in [6, 6.07) is 1.77. The number of amides is 1. The van der Waals surface area contributed by atoms with E-state index in [-0.39, 0.29) is 29.1 Å². The predicted molar refractivity (Wildman–Crippen MR) is 87.7 cm³/mol. The molecule has 1 aromatic heterocycles. The molecule has 0 radical (unpaired) electrons. The zero-order valence-electron chi connectivity index (χ0n) is 14.0. The molecule has 126 valence electrons. The fourth-order valence-electron chi connectivity index (χ4n) is 3.31. The highest BCUT2D eigenvalue weighted by molar-refractivity contribution is 5.81. The van der Waals surface area contributed by atoms with Gasteiger partial charge in [0.05, 0.1) is 0 Å². The number of nitrogens with zero attached hydrogens (tertiary/aromatic N) is 4. The van der Waals surface area contributed by atoms with Crippen LogP contribution in [0.5, 0.6) is 0 Å². The van der Waals surface area contributed by atoms with Crippen LogP contribution >= 0.6 is 0 Å². The van der Waals surface area contributed by atoms with Crippen LogP contribution in [0.15, 0.2) is 15.7 Å². The second kappa shape index (κ2) is 5.86. The molecule has 0 unspecified atom stereocenters. The van der Waals surface area contributed by atoms with E-state index >= 15 is 0 Å². The summed E-state index contributed by atoms with van der Waals surface area (Å²) >= 11 is 0. The number of rotatable bonds is 3. The van der Waals surface area contributed by atoms with Crippen molar-refractivity contribution in [1.82, 2.24) is 14.0 Å². The van der Waals surface area contributed by atoms with Crippen LogP contribution < -0.4 is 16.1 Å². The van der Waals surface area contributed by atoms with Crippen LogP contribution in [0.1, 0.15) is 25.7 Å². The molecule has 0 bridgehead atoms. The summed E-state index contributed by atoms with van der Waals surface area (Å²) in [6.45, 7) is 1.49. The van der Waals surface area contributed by atoms with E-state index < -0.39 is 0 Å². The van der Waals surface area contributed by atoms with Crippen LogP contribution in [0.2, 0.25) is 0 Å². The minimum absolute atomic E-state index is 0.246. The van der Waals surface area contributed by atoms with Gasteiger partial charge in [-0.15, -0.1) is 0 Å². The highest BCUT2D eigenvalue weighted by Crippen LogP contribution is 2.32. The molecule has 1 aliphatic heterocycles. The van der Waals surface area contributed by atoms with Gasteiger partial charge in [0.15, 0.2) is 0 Å². The Balaban J connectivity index is 1.71. The number of piperidine rings is 1. The Kier molecular flexibility index (Phi) is 4.04. The topological polar surface area (TPSA) is 67.6 Å². The van der Waals surface area contributed by atoms with Crippen molar-refractivity contribution in [3.05, 3.63) is 26.9 Å². The fraction of sp³-hybridized carbons (Fsp3) is 0.688. The maximum atomic E-state index is 12.2. The van der Waals surface area contributed by atoms with E-state index in [9.17, 15) is 14.4 Å². The molecule has 0 spiro atoms.